The fourth-order valence-electron chi connectivity index (χ4n) is 3.19. The average molecular weight is 328 g/mol. The van der Waals surface area contributed by atoms with Gasteiger partial charge in [-0.3, -0.25) is 4.79 Å². The van der Waals surface area contributed by atoms with E-state index < -0.39 is 0 Å². The molecule has 1 atom stereocenters. The Hall–Kier alpha value is -2.21. The van der Waals surface area contributed by atoms with Crippen LogP contribution in [0.3, 0.4) is 0 Å². The van der Waals surface area contributed by atoms with Crippen LogP contribution in [0.15, 0.2) is 28.7 Å². The monoisotopic (exact) mass is 328 g/mol. The summed E-state index contributed by atoms with van der Waals surface area (Å²) in [4.78, 5) is 17.2. The molecule has 1 aromatic heterocycles. The zero-order valence-corrected chi connectivity index (χ0v) is 14.5. The van der Waals surface area contributed by atoms with E-state index >= 15 is 0 Å². The molecule has 1 aromatic carbocycles. The molecule has 24 heavy (non-hydrogen) atoms. The molecule has 1 aliphatic rings. The van der Waals surface area contributed by atoms with E-state index in [1.165, 1.54) is 0 Å². The van der Waals surface area contributed by atoms with Crippen LogP contribution in [0.4, 0.5) is 0 Å². The summed E-state index contributed by atoms with van der Waals surface area (Å²) in [5, 5.41) is 7.84. The number of likely N-dealkylation sites (tertiary alicyclic amines) is 1. The van der Waals surface area contributed by atoms with Crippen molar-refractivity contribution in [3.8, 4) is 11.5 Å². The molecule has 0 aliphatic carbocycles. The van der Waals surface area contributed by atoms with Crippen LogP contribution in [-0.2, 0) is 0 Å². The SMILES string of the molecule is CCCN(C(=O)c1ccc(-c2nnc(C)o2)cc1)C1CCN(C)C1. The molecule has 1 aliphatic heterocycles. The topological polar surface area (TPSA) is 62.5 Å². The number of hydrogen-bond acceptors (Lipinski definition) is 5. The van der Waals surface area contributed by atoms with Gasteiger partial charge in [0.05, 0.1) is 0 Å². The first kappa shape index (κ1) is 16.6. The number of amides is 1. The number of hydrogen-bond donors (Lipinski definition) is 0. The van der Waals surface area contributed by atoms with Gasteiger partial charge in [0.25, 0.3) is 5.91 Å². The van der Waals surface area contributed by atoms with Gasteiger partial charge in [0.2, 0.25) is 11.8 Å². The first-order valence-corrected chi connectivity index (χ1v) is 8.48. The first-order chi connectivity index (χ1) is 11.6. The van der Waals surface area contributed by atoms with Gasteiger partial charge in [0.15, 0.2) is 0 Å². The second kappa shape index (κ2) is 7.13. The number of aromatic nitrogens is 2. The van der Waals surface area contributed by atoms with Gasteiger partial charge in [-0.25, -0.2) is 0 Å². The van der Waals surface area contributed by atoms with E-state index in [9.17, 15) is 4.79 Å². The van der Waals surface area contributed by atoms with E-state index in [1.54, 1.807) is 6.92 Å². The second-order valence-corrected chi connectivity index (χ2v) is 6.41. The fourth-order valence-corrected chi connectivity index (χ4v) is 3.19. The largest absolute Gasteiger partial charge is 0.421 e. The molecule has 1 unspecified atom stereocenters. The molecule has 6 heteroatoms. The highest BCUT2D eigenvalue weighted by Gasteiger charge is 2.29. The van der Waals surface area contributed by atoms with E-state index in [4.69, 9.17) is 4.42 Å². The molecule has 3 rings (SSSR count). The van der Waals surface area contributed by atoms with Crippen LogP contribution in [0.5, 0.6) is 0 Å². The van der Waals surface area contributed by atoms with E-state index in [0.29, 0.717) is 23.4 Å². The summed E-state index contributed by atoms with van der Waals surface area (Å²) in [6.07, 6.45) is 2.01. The lowest BCUT2D eigenvalue weighted by Crippen LogP contribution is -2.42. The van der Waals surface area contributed by atoms with Crippen molar-refractivity contribution in [2.45, 2.75) is 32.7 Å². The molecule has 2 heterocycles. The summed E-state index contributed by atoms with van der Waals surface area (Å²) in [5.74, 6) is 1.12. The summed E-state index contributed by atoms with van der Waals surface area (Å²) in [7, 11) is 2.11. The van der Waals surface area contributed by atoms with Crippen LogP contribution in [0, 0.1) is 6.92 Å². The number of likely N-dealkylation sites (N-methyl/N-ethyl adjacent to an activating group) is 1. The summed E-state index contributed by atoms with van der Waals surface area (Å²) in [6, 6.07) is 7.73. The standard InChI is InChI=1S/C18H24N4O2/c1-4-10-22(16-9-11-21(3)12-16)18(23)15-7-5-14(6-8-15)17-20-19-13(2)24-17/h5-8,16H,4,9-12H2,1-3H3. The van der Waals surface area contributed by atoms with Crippen LogP contribution < -0.4 is 0 Å². The zero-order chi connectivity index (χ0) is 17.1. The molecule has 6 nitrogen and oxygen atoms in total. The Morgan fingerprint density at radius 2 is 2.08 bits per heavy atom. The van der Waals surface area contributed by atoms with Crippen molar-refractivity contribution in [1.29, 1.82) is 0 Å². The van der Waals surface area contributed by atoms with E-state index in [-0.39, 0.29) is 5.91 Å². The van der Waals surface area contributed by atoms with Crippen LogP contribution in [0.1, 0.15) is 36.0 Å². The van der Waals surface area contributed by atoms with Gasteiger partial charge in [-0.05, 0) is 50.7 Å². The Morgan fingerprint density at radius 3 is 2.62 bits per heavy atom. The lowest BCUT2D eigenvalue weighted by Gasteiger charge is -2.29. The highest BCUT2D eigenvalue weighted by molar-refractivity contribution is 5.94. The molecule has 0 radical (unpaired) electrons. The molecule has 0 saturated carbocycles. The lowest BCUT2D eigenvalue weighted by atomic mass is 10.1. The Kier molecular flexibility index (Phi) is 4.94. The summed E-state index contributed by atoms with van der Waals surface area (Å²) in [6.45, 7) is 6.66. The van der Waals surface area contributed by atoms with Crippen LogP contribution in [0.2, 0.25) is 0 Å². The smallest absolute Gasteiger partial charge is 0.254 e. The van der Waals surface area contributed by atoms with Crippen molar-refractivity contribution in [3.05, 3.63) is 35.7 Å². The summed E-state index contributed by atoms with van der Waals surface area (Å²) < 4.78 is 5.43. The lowest BCUT2D eigenvalue weighted by molar-refractivity contribution is 0.0684. The average Bonchev–Trinajstić information content (AvgIpc) is 3.21. The van der Waals surface area contributed by atoms with Crippen molar-refractivity contribution < 1.29 is 9.21 Å². The van der Waals surface area contributed by atoms with Crippen molar-refractivity contribution in [3.63, 3.8) is 0 Å². The third-order valence-corrected chi connectivity index (χ3v) is 4.44. The fraction of sp³-hybridized carbons (Fsp3) is 0.500. The van der Waals surface area contributed by atoms with Gasteiger partial charge < -0.3 is 14.2 Å². The molecule has 1 saturated heterocycles. The zero-order valence-electron chi connectivity index (χ0n) is 14.5. The molecule has 0 bridgehead atoms. The number of nitrogens with zero attached hydrogens (tertiary/aromatic N) is 4. The number of carbonyl (C=O) groups is 1. The normalized spacial score (nSPS) is 18.0. The predicted octanol–water partition coefficient (Wildman–Crippen LogP) is 2.60. The second-order valence-electron chi connectivity index (χ2n) is 6.41. The van der Waals surface area contributed by atoms with Gasteiger partial charge in [-0.1, -0.05) is 6.92 Å². The Labute approximate surface area is 142 Å². The summed E-state index contributed by atoms with van der Waals surface area (Å²) >= 11 is 0. The number of carbonyl (C=O) groups excluding carboxylic acids is 1. The van der Waals surface area contributed by atoms with Gasteiger partial charge >= 0.3 is 0 Å². The number of rotatable bonds is 5. The minimum atomic E-state index is 0.102. The van der Waals surface area contributed by atoms with Gasteiger partial charge in [0, 0.05) is 37.2 Å². The van der Waals surface area contributed by atoms with Gasteiger partial charge in [0.1, 0.15) is 0 Å². The van der Waals surface area contributed by atoms with Crippen LogP contribution in [0.25, 0.3) is 11.5 Å². The molecular weight excluding hydrogens is 304 g/mol. The first-order valence-electron chi connectivity index (χ1n) is 8.48. The molecule has 0 spiro atoms. The van der Waals surface area contributed by atoms with Crippen molar-refractivity contribution >= 4 is 5.91 Å². The maximum Gasteiger partial charge on any atom is 0.254 e. The van der Waals surface area contributed by atoms with Gasteiger partial charge in [-0.2, -0.15) is 0 Å². The molecule has 2 aromatic rings. The van der Waals surface area contributed by atoms with E-state index in [1.807, 2.05) is 29.2 Å². The third-order valence-electron chi connectivity index (χ3n) is 4.44. The van der Waals surface area contributed by atoms with Gasteiger partial charge in [-0.15, -0.1) is 10.2 Å². The Balaban J connectivity index is 1.77. The van der Waals surface area contributed by atoms with E-state index in [0.717, 1.165) is 38.0 Å². The number of aryl methyl sites for hydroxylation is 1. The Bertz CT molecular complexity index is 695. The molecular formula is C18H24N4O2. The van der Waals surface area contributed by atoms with Crippen molar-refractivity contribution in [2.24, 2.45) is 0 Å². The van der Waals surface area contributed by atoms with Crippen LogP contribution >= 0.6 is 0 Å². The molecule has 1 amide bonds. The van der Waals surface area contributed by atoms with Crippen molar-refractivity contribution in [2.75, 3.05) is 26.7 Å². The molecule has 0 N–H and O–H groups in total. The predicted molar refractivity (Wildman–Crippen MR) is 91.7 cm³/mol. The minimum Gasteiger partial charge on any atom is -0.421 e. The highest BCUT2D eigenvalue weighted by Crippen LogP contribution is 2.21. The third kappa shape index (κ3) is 3.48. The maximum absolute atomic E-state index is 12.9. The van der Waals surface area contributed by atoms with Crippen LogP contribution in [-0.4, -0.2) is 58.6 Å². The van der Waals surface area contributed by atoms with E-state index in [2.05, 4.69) is 29.1 Å². The number of benzene rings is 1. The minimum absolute atomic E-state index is 0.102. The maximum atomic E-state index is 12.9. The quantitative estimate of drug-likeness (QED) is 0.844. The van der Waals surface area contributed by atoms with Crippen molar-refractivity contribution in [1.82, 2.24) is 20.0 Å². The molecule has 1 fully saturated rings. The highest BCUT2D eigenvalue weighted by atomic mass is 16.4. The molecule has 128 valence electrons. The Morgan fingerprint density at radius 1 is 1.33 bits per heavy atom. The summed E-state index contributed by atoms with van der Waals surface area (Å²) in [5.41, 5.74) is 1.53.